The number of halogens is 1. The second-order valence-corrected chi connectivity index (χ2v) is 6.98. The molecule has 3 aliphatic rings. The van der Waals surface area contributed by atoms with E-state index in [1.165, 1.54) is 0 Å². The molecule has 22 heavy (non-hydrogen) atoms. The van der Waals surface area contributed by atoms with Crippen LogP contribution in [0.5, 0.6) is 0 Å². The fourth-order valence-electron chi connectivity index (χ4n) is 4.47. The molecule has 0 saturated heterocycles. The van der Waals surface area contributed by atoms with Crippen molar-refractivity contribution in [2.24, 2.45) is 29.1 Å². The number of hydrogen-bond acceptors (Lipinski definition) is 3. The van der Waals surface area contributed by atoms with Crippen LogP contribution in [-0.2, 0) is 9.59 Å². The van der Waals surface area contributed by atoms with Gasteiger partial charge in [0.2, 0.25) is 5.91 Å². The molecule has 2 fully saturated rings. The van der Waals surface area contributed by atoms with Crippen LogP contribution in [0.25, 0.3) is 0 Å². The Hall–Kier alpha value is -1.81. The first-order valence-corrected chi connectivity index (χ1v) is 7.86. The number of carbonyl (C=O) groups excluding carboxylic acids is 2. The Morgan fingerprint density at radius 2 is 1.86 bits per heavy atom. The van der Waals surface area contributed by atoms with E-state index in [9.17, 15) is 14.7 Å². The van der Waals surface area contributed by atoms with Gasteiger partial charge in [0, 0.05) is 22.6 Å². The Morgan fingerprint density at radius 1 is 1.18 bits per heavy atom. The molecule has 1 amide bonds. The van der Waals surface area contributed by atoms with Crippen LogP contribution in [0.2, 0.25) is 5.02 Å². The van der Waals surface area contributed by atoms with Crippen molar-refractivity contribution in [1.29, 1.82) is 0 Å². The van der Waals surface area contributed by atoms with Crippen molar-refractivity contribution in [1.82, 2.24) is 0 Å². The number of amides is 1. The average Bonchev–Trinajstić information content (AvgIpc) is 3.12. The van der Waals surface area contributed by atoms with Crippen molar-refractivity contribution in [3.63, 3.8) is 0 Å². The molecule has 2 saturated carbocycles. The first kappa shape index (κ1) is 13.8. The second kappa shape index (κ2) is 4.59. The van der Waals surface area contributed by atoms with E-state index in [-0.39, 0.29) is 23.2 Å². The number of rotatable bonds is 3. The van der Waals surface area contributed by atoms with E-state index in [0.717, 1.165) is 12.8 Å². The molecule has 0 heterocycles. The van der Waals surface area contributed by atoms with E-state index in [1.54, 1.807) is 24.3 Å². The van der Waals surface area contributed by atoms with Gasteiger partial charge in [0.05, 0.1) is 5.92 Å². The van der Waals surface area contributed by atoms with Gasteiger partial charge >= 0.3 is 0 Å². The topological polar surface area (TPSA) is 69.2 Å². The Morgan fingerprint density at radius 3 is 2.45 bits per heavy atom. The molecule has 0 aromatic heterocycles. The van der Waals surface area contributed by atoms with E-state index in [0.29, 0.717) is 10.7 Å². The van der Waals surface area contributed by atoms with Crippen LogP contribution in [-0.4, -0.2) is 11.9 Å². The molecule has 1 N–H and O–H groups in total. The van der Waals surface area contributed by atoms with Gasteiger partial charge in [-0.3, -0.25) is 4.79 Å². The summed E-state index contributed by atoms with van der Waals surface area (Å²) < 4.78 is 0. The highest BCUT2D eigenvalue weighted by atomic mass is 35.5. The third-order valence-corrected chi connectivity index (χ3v) is 5.74. The molecule has 4 rings (SSSR count). The molecular formula is C17H15ClNO3-. The number of carboxylic acid groups (broad SMARTS) is 1. The summed E-state index contributed by atoms with van der Waals surface area (Å²) in [7, 11) is 0. The predicted molar refractivity (Wildman–Crippen MR) is 79.9 cm³/mol. The van der Waals surface area contributed by atoms with Crippen molar-refractivity contribution in [3.05, 3.63) is 41.4 Å². The number of allylic oxidation sites excluding steroid dienone is 2. The molecule has 2 bridgehead atoms. The van der Waals surface area contributed by atoms with E-state index in [1.807, 2.05) is 12.2 Å². The van der Waals surface area contributed by atoms with Gasteiger partial charge in [0.25, 0.3) is 0 Å². The summed E-state index contributed by atoms with van der Waals surface area (Å²) >= 11 is 5.92. The van der Waals surface area contributed by atoms with Crippen LogP contribution >= 0.6 is 11.6 Å². The molecule has 1 spiro atoms. The SMILES string of the molecule is O=C([O-])[C@@H]1[C@H](C(=O)Nc2cccc(Cl)c2)[C@H]2C=C[C@@H]1C21CC1. The lowest BCUT2D eigenvalue weighted by Crippen LogP contribution is -2.42. The summed E-state index contributed by atoms with van der Waals surface area (Å²) in [6.45, 7) is 0. The van der Waals surface area contributed by atoms with Crippen molar-refractivity contribution in [2.75, 3.05) is 5.32 Å². The molecule has 4 nitrogen and oxygen atoms in total. The normalized spacial score (nSPS) is 33.1. The first-order valence-electron chi connectivity index (χ1n) is 7.48. The van der Waals surface area contributed by atoms with Crippen LogP contribution in [0.3, 0.4) is 0 Å². The lowest BCUT2D eigenvalue weighted by Gasteiger charge is -2.27. The summed E-state index contributed by atoms with van der Waals surface area (Å²) in [5, 5.41) is 14.9. The minimum absolute atomic E-state index is 0.00107. The largest absolute Gasteiger partial charge is 0.550 e. The van der Waals surface area contributed by atoms with Gasteiger partial charge in [-0.2, -0.15) is 0 Å². The van der Waals surface area contributed by atoms with Crippen LogP contribution in [0.4, 0.5) is 5.69 Å². The smallest absolute Gasteiger partial charge is 0.228 e. The highest BCUT2D eigenvalue weighted by molar-refractivity contribution is 6.30. The van der Waals surface area contributed by atoms with Gasteiger partial charge in [-0.1, -0.05) is 29.8 Å². The Kier molecular flexibility index (Phi) is 2.89. The van der Waals surface area contributed by atoms with Gasteiger partial charge < -0.3 is 15.2 Å². The van der Waals surface area contributed by atoms with Crippen LogP contribution in [0, 0.1) is 29.1 Å². The molecule has 5 heteroatoms. The summed E-state index contributed by atoms with van der Waals surface area (Å²) in [4.78, 5) is 24.2. The molecule has 4 atom stereocenters. The zero-order chi connectivity index (χ0) is 15.5. The zero-order valence-corrected chi connectivity index (χ0v) is 12.5. The molecule has 114 valence electrons. The summed E-state index contributed by atoms with van der Waals surface area (Å²) in [6.07, 6.45) is 6.00. The van der Waals surface area contributed by atoms with E-state index >= 15 is 0 Å². The maximum Gasteiger partial charge on any atom is 0.228 e. The zero-order valence-electron chi connectivity index (χ0n) is 11.8. The minimum atomic E-state index is -1.12. The minimum Gasteiger partial charge on any atom is -0.550 e. The monoisotopic (exact) mass is 316 g/mol. The Bertz CT molecular complexity index is 695. The Balaban J connectivity index is 1.62. The van der Waals surface area contributed by atoms with Gasteiger partial charge in [0.15, 0.2) is 0 Å². The van der Waals surface area contributed by atoms with Crippen LogP contribution in [0.1, 0.15) is 12.8 Å². The standard InChI is InChI=1S/C17H16ClNO3/c18-9-2-1-3-10(8-9)19-15(20)13-11-4-5-12(14(13)16(21)22)17(11)6-7-17/h1-5,8,11-14H,6-7H2,(H,19,20)(H,21,22)/p-1/t11-,12+,13-,14+/m1/s1. The van der Waals surface area contributed by atoms with Gasteiger partial charge in [-0.15, -0.1) is 0 Å². The van der Waals surface area contributed by atoms with E-state index < -0.39 is 17.8 Å². The lowest BCUT2D eigenvalue weighted by atomic mass is 9.82. The molecule has 3 aliphatic carbocycles. The number of aliphatic carboxylic acids is 1. The highest BCUT2D eigenvalue weighted by Gasteiger charge is 2.68. The fourth-order valence-corrected chi connectivity index (χ4v) is 4.66. The molecule has 0 unspecified atom stereocenters. The van der Waals surface area contributed by atoms with Crippen molar-refractivity contribution >= 4 is 29.2 Å². The number of anilines is 1. The maximum atomic E-state index is 12.7. The molecule has 1 aromatic carbocycles. The summed E-state index contributed by atoms with van der Waals surface area (Å²) in [6, 6.07) is 6.87. The number of carboxylic acids is 1. The third kappa shape index (κ3) is 1.83. The van der Waals surface area contributed by atoms with Gasteiger partial charge in [0.1, 0.15) is 0 Å². The predicted octanol–water partition coefficient (Wildman–Crippen LogP) is 1.86. The Labute approximate surface area is 133 Å². The van der Waals surface area contributed by atoms with Crippen molar-refractivity contribution in [2.45, 2.75) is 12.8 Å². The van der Waals surface area contributed by atoms with Crippen LogP contribution < -0.4 is 10.4 Å². The van der Waals surface area contributed by atoms with E-state index in [2.05, 4.69) is 5.32 Å². The van der Waals surface area contributed by atoms with Gasteiger partial charge in [-0.05, 0) is 48.3 Å². The quantitative estimate of drug-likeness (QED) is 0.865. The summed E-state index contributed by atoms with van der Waals surface area (Å²) in [5.74, 6) is -2.69. The third-order valence-electron chi connectivity index (χ3n) is 5.51. The number of nitrogens with one attached hydrogen (secondary N) is 1. The molecule has 0 radical (unpaired) electrons. The number of hydrogen-bond donors (Lipinski definition) is 1. The lowest BCUT2D eigenvalue weighted by molar-refractivity contribution is -0.313. The van der Waals surface area contributed by atoms with E-state index in [4.69, 9.17) is 11.6 Å². The highest BCUT2D eigenvalue weighted by Crippen LogP contribution is 2.71. The number of benzene rings is 1. The van der Waals surface area contributed by atoms with Crippen molar-refractivity contribution in [3.8, 4) is 0 Å². The van der Waals surface area contributed by atoms with Gasteiger partial charge in [-0.25, -0.2) is 0 Å². The molecule has 1 aromatic rings. The summed E-state index contributed by atoms with van der Waals surface area (Å²) in [5.41, 5.74) is 0.590. The number of carbonyl (C=O) groups is 2. The average molecular weight is 317 g/mol. The second-order valence-electron chi connectivity index (χ2n) is 6.54. The first-order chi connectivity index (χ1) is 10.5. The molecule has 0 aliphatic heterocycles. The maximum absolute atomic E-state index is 12.7. The van der Waals surface area contributed by atoms with Crippen molar-refractivity contribution < 1.29 is 14.7 Å². The fraction of sp³-hybridized carbons (Fsp3) is 0.412. The van der Waals surface area contributed by atoms with Crippen LogP contribution in [0.15, 0.2) is 36.4 Å². The molecular weight excluding hydrogens is 302 g/mol.